The maximum atomic E-state index is 12.4. The maximum Gasteiger partial charge on any atom is 0.230 e. The number of nitrogens with one attached hydrogen (secondary N) is 1. The maximum absolute atomic E-state index is 12.4. The molecule has 1 aromatic carbocycles. The number of hydrogen-bond donors (Lipinski definition) is 1. The van der Waals surface area contributed by atoms with E-state index in [4.69, 9.17) is 4.74 Å². The van der Waals surface area contributed by atoms with Crippen molar-refractivity contribution in [3.8, 4) is 5.75 Å². The van der Waals surface area contributed by atoms with Crippen LogP contribution in [0.3, 0.4) is 0 Å². The molecular formula is C15H21NO2. The van der Waals surface area contributed by atoms with E-state index in [1.807, 2.05) is 24.3 Å². The van der Waals surface area contributed by atoms with Crippen LogP contribution in [0.1, 0.15) is 38.2 Å². The van der Waals surface area contributed by atoms with E-state index in [1.54, 1.807) is 7.11 Å². The topological polar surface area (TPSA) is 38.3 Å². The van der Waals surface area contributed by atoms with E-state index < -0.39 is 0 Å². The molecular weight excluding hydrogens is 226 g/mol. The molecule has 0 heterocycles. The highest BCUT2D eigenvalue weighted by molar-refractivity contribution is 5.90. The van der Waals surface area contributed by atoms with Crippen LogP contribution in [-0.4, -0.2) is 19.6 Å². The first-order valence-electron chi connectivity index (χ1n) is 6.66. The number of ether oxygens (including phenoxy) is 1. The zero-order chi connectivity index (χ0) is 13.0. The number of para-hydroxylation sites is 1. The Balaban J connectivity index is 2.29. The van der Waals surface area contributed by atoms with Gasteiger partial charge in [0, 0.05) is 12.1 Å². The highest BCUT2D eigenvalue weighted by atomic mass is 16.5. The number of amides is 1. The van der Waals surface area contributed by atoms with Gasteiger partial charge in [0.05, 0.1) is 12.5 Å². The van der Waals surface area contributed by atoms with E-state index >= 15 is 0 Å². The van der Waals surface area contributed by atoms with Gasteiger partial charge in [-0.2, -0.15) is 0 Å². The first kappa shape index (κ1) is 12.9. The van der Waals surface area contributed by atoms with E-state index in [-0.39, 0.29) is 11.3 Å². The Morgan fingerprint density at radius 1 is 1.39 bits per heavy atom. The van der Waals surface area contributed by atoms with E-state index in [0.29, 0.717) is 0 Å². The second kappa shape index (κ2) is 5.42. The quantitative estimate of drug-likeness (QED) is 0.868. The molecule has 3 heteroatoms. The molecule has 1 aliphatic carbocycles. The number of methoxy groups -OCH3 is 1. The fourth-order valence-corrected chi connectivity index (χ4v) is 2.60. The van der Waals surface area contributed by atoms with Crippen LogP contribution in [0.2, 0.25) is 0 Å². The molecule has 2 rings (SSSR count). The van der Waals surface area contributed by atoms with Crippen LogP contribution in [0.4, 0.5) is 0 Å². The van der Waals surface area contributed by atoms with Gasteiger partial charge in [0.25, 0.3) is 0 Å². The second-order valence-electron chi connectivity index (χ2n) is 4.89. The van der Waals surface area contributed by atoms with Crippen molar-refractivity contribution in [2.45, 2.75) is 38.0 Å². The van der Waals surface area contributed by atoms with E-state index in [0.717, 1.165) is 43.5 Å². The largest absolute Gasteiger partial charge is 0.496 e. The summed E-state index contributed by atoms with van der Waals surface area (Å²) in [5.74, 6) is 0.976. The zero-order valence-electron chi connectivity index (χ0n) is 11.2. The Hall–Kier alpha value is -1.51. The minimum Gasteiger partial charge on any atom is -0.496 e. The van der Waals surface area contributed by atoms with Gasteiger partial charge in [-0.25, -0.2) is 0 Å². The van der Waals surface area contributed by atoms with Gasteiger partial charge in [-0.1, -0.05) is 31.5 Å². The molecule has 1 N–H and O–H groups in total. The van der Waals surface area contributed by atoms with E-state index in [2.05, 4.69) is 12.2 Å². The summed E-state index contributed by atoms with van der Waals surface area (Å²) in [5, 5.41) is 3.03. The van der Waals surface area contributed by atoms with Crippen LogP contribution in [0.5, 0.6) is 5.75 Å². The standard InChI is InChI=1S/C15H21NO2/c1-3-11-16-14(17)15(9-6-10-15)12-7-4-5-8-13(12)18-2/h4-5,7-8H,3,6,9-11H2,1-2H3,(H,16,17). The van der Waals surface area contributed by atoms with Crippen molar-refractivity contribution in [2.24, 2.45) is 0 Å². The lowest BCUT2D eigenvalue weighted by atomic mass is 9.63. The molecule has 1 aliphatic rings. The molecule has 3 nitrogen and oxygen atoms in total. The average Bonchev–Trinajstić information content (AvgIpc) is 2.35. The molecule has 98 valence electrons. The summed E-state index contributed by atoms with van der Waals surface area (Å²) in [6, 6.07) is 7.87. The Kier molecular flexibility index (Phi) is 3.90. The monoisotopic (exact) mass is 247 g/mol. The van der Waals surface area contributed by atoms with Gasteiger partial charge in [-0.05, 0) is 25.3 Å². The third-order valence-corrected chi connectivity index (χ3v) is 3.80. The van der Waals surface area contributed by atoms with Crippen LogP contribution >= 0.6 is 0 Å². The predicted octanol–water partition coefficient (Wildman–Crippen LogP) is 2.64. The summed E-state index contributed by atoms with van der Waals surface area (Å²) < 4.78 is 5.40. The van der Waals surface area contributed by atoms with Crippen LogP contribution in [0, 0.1) is 0 Å². The van der Waals surface area contributed by atoms with E-state index in [1.165, 1.54) is 0 Å². The molecule has 1 fully saturated rings. The van der Waals surface area contributed by atoms with Gasteiger partial charge in [0.15, 0.2) is 0 Å². The number of benzene rings is 1. The van der Waals surface area contributed by atoms with Crippen molar-refractivity contribution in [3.05, 3.63) is 29.8 Å². The first-order valence-corrected chi connectivity index (χ1v) is 6.66. The highest BCUT2D eigenvalue weighted by Crippen LogP contribution is 2.47. The summed E-state index contributed by atoms with van der Waals surface area (Å²) in [4.78, 5) is 12.4. The number of carbonyl (C=O) groups is 1. The van der Waals surface area contributed by atoms with Crippen molar-refractivity contribution >= 4 is 5.91 Å². The molecule has 1 amide bonds. The summed E-state index contributed by atoms with van der Waals surface area (Å²) in [7, 11) is 1.66. The molecule has 0 unspecified atom stereocenters. The molecule has 0 saturated heterocycles. The lowest BCUT2D eigenvalue weighted by Crippen LogP contribution is -2.49. The molecule has 0 bridgehead atoms. The fourth-order valence-electron chi connectivity index (χ4n) is 2.60. The molecule has 0 atom stereocenters. The third-order valence-electron chi connectivity index (χ3n) is 3.80. The third kappa shape index (κ3) is 2.09. The van der Waals surface area contributed by atoms with Crippen molar-refractivity contribution < 1.29 is 9.53 Å². The highest BCUT2D eigenvalue weighted by Gasteiger charge is 2.46. The van der Waals surface area contributed by atoms with Crippen molar-refractivity contribution in [1.82, 2.24) is 5.32 Å². The molecule has 0 aromatic heterocycles. The van der Waals surface area contributed by atoms with Crippen LogP contribution in [-0.2, 0) is 10.2 Å². The first-order chi connectivity index (χ1) is 8.74. The fraction of sp³-hybridized carbons (Fsp3) is 0.533. The van der Waals surface area contributed by atoms with Crippen molar-refractivity contribution in [3.63, 3.8) is 0 Å². The molecule has 0 spiro atoms. The minimum atomic E-state index is -0.359. The average molecular weight is 247 g/mol. The lowest BCUT2D eigenvalue weighted by Gasteiger charge is -2.41. The van der Waals surface area contributed by atoms with E-state index in [9.17, 15) is 4.79 Å². The summed E-state index contributed by atoms with van der Waals surface area (Å²) in [6.07, 6.45) is 3.91. The second-order valence-corrected chi connectivity index (χ2v) is 4.89. The van der Waals surface area contributed by atoms with Gasteiger partial charge in [-0.3, -0.25) is 4.79 Å². The Morgan fingerprint density at radius 2 is 2.11 bits per heavy atom. The summed E-state index contributed by atoms with van der Waals surface area (Å²) in [5.41, 5.74) is 0.675. The van der Waals surface area contributed by atoms with Gasteiger partial charge in [0.1, 0.15) is 5.75 Å². The summed E-state index contributed by atoms with van der Waals surface area (Å²) in [6.45, 7) is 2.81. The lowest BCUT2D eigenvalue weighted by molar-refractivity contribution is -0.130. The van der Waals surface area contributed by atoms with Crippen molar-refractivity contribution in [2.75, 3.05) is 13.7 Å². The Bertz CT molecular complexity index is 424. The molecule has 0 radical (unpaired) electrons. The van der Waals surface area contributed by atoms with Crippen LogP contribution in [0.25, 0.3) is 0 Å². The van der Waals surface area contributed by atoms with Gasteiger partial charge >= 0.3 is 0 Å². The van der Waals surface area contributed by atoms with Crippen molar-refractivity contribution in [1.29, 1.82) is 0 Å². The minimum absolute atomic E-state index is 0.153. The van der Waals surface area contributed by atoms with Crippen LogP contribution in [0.15, 0.2) is 24.3 Å². The van der Waals surface area contributed by atoms with Gasteiger partial charge in [0.2, 0.25) is 5.91 Å². The Morgan fingerprint density at radius 3 is 2.67 bits per heavy atom. The number of carbonyl (C=O) groups excluding carboxylic acids is 1. The SMILES string of the molecule is CCCNC(=O)C1(c2ccccc2OC)CCC1. The Labute approximate surface area is 109 Å². The zero-order valence-corrected chi connectivity index (χ0v) is 11.2. The predicted molar refractivity (Wildman–Crippen MR) is 71.8 cm³/mol. The van der Waals surface area contributed by atoms with Gasteiger partial charge < -0.3 is 10.1 Å². The number of rotatable bonds is 5. The summed E-state index contributed by atoms with van der Waals surface area (Å²) >= 11 is 0. The van der Waals surface area contributed by atoms with Gasteiger partial charge in [-0.15, -0.1) is 0 Å². The molecule has 18 heavy (non-hydrogen) atoms. The normalized spacial score (nSPS) is 16.8. The van der Waals surface area contributed by atoms with Crippen LogP contribution < -0.4 is 10.1 Å². The molecule has 1 saturated carbocycles. The smallest absolute Gasteiger partial charge is 0.230 e. The molecule has 0 aliphatic heterocycles. The number of hydrogen-bond acceptors (Lipinski definition) is 2. The molecule has 1 aromatic rings.